The fourth-order valence-corrected chi connectivity index (χ4v) is 3.75. The van der Waals surface area contributed by atoms with Crippen molar-refractivity contribution in [3.63, 3.8) is 0 Å². The van der Waals surface area contributed by atoms with Gasteiger partial charge in [-0.25, -0.2) is 0 Å². The third-order valence-corrected chi connectivity index (χ3v) is 5.91. The number of amides is 5. The van der Waals surface area contributed by atoms with Crippen molar-refractivity contribution in [2.45, 2.75) is 50.2 Å². The van der Waals surface area contributed by atoms with Crippen LogP contribution in [0.3, 0.4) is 0 Å². The second-order valence-electron chi connectivity index (χ2n) is 8.70. The van der Waals surface area contributed by atoms with E-state index in [9.17, 15) is 24.0 Å². The molecule has 3 atom stereocenters. The van der Waals surface area contributed by atoms with Gasteiger partial charge in [-0.3, -0.25) is 24.0 Å². The summed E-state index contributed by atoms with van der Waals surface area (Å²) in [5.41, 5.74) is 17.1. The highest BCUT2D eigenvalue weighted by Gasteiger charge is 2.29. The topological polar surface area (TPSA) is 200 Å². The van der Waals surface area contributed by atoms with Crippen LogP contribution in [0.15, 0.2) is 54.6 Å². The fourth-order valence-electron chi connectivity index (χ4n) is 3.63. The standard InChI is InChI=1S/C26H33ClN6O5/c27-18-11-9-16(10-12-18)14-21(33-24(36)17-6-2-1-3-7-17)26(38)31-19(8-4-5-13-28)25(37)32-20(23(30)35)15-22(29)34/h1-3,6-7,9-12,19-21H,4-5,8,13-15,28H2,(H2,29,34)(H2,30,35)(H,31,38)(H,32,37)(H,33,36)/t19-,20-,21-/m0/s1. The maximum atomic E-state index is 13.4. The number of nitrogens with two attached hydrogens (primary N) is 3. The molecule has 0 aliphatic heterocycles. The van der Waals surface area contributed by atoms with E-state index in [0.29, 0.717) is 30.0 Å². The number of hydrogen-bond donors (Lipinski definition) is 6. The summed E-state index contributed by atoms with van der Waals surface area (Å²) in [6.45, 7) is 0.375. The molecular weight excluding hydrogens is 512 g/mol. The summed E-state index contributed by atoms with van der Waals surface area (Å²) in [5, 5.41) is 8.28. The maximum Gasteiger partial charge on any atom is 0.251 e. The molecule has 0 aliphatic carbocycles. The second-order valence-corrected chi connectivity index (χ2v) is 9.14. The van der Waals surface area contributed by atoms with Crippen molar-refractivity contribution in [2.75, 3.05) is 6.54 Å². The minimum absolute atomic E-state index is 0.115. The van der Waals surface area contributed by atoms with Crippen molar-refractivity contribution in [2.24, 2.45) is 17.2 Å². The van der Waals surface area contributed by atoms with Crippen LogP contribution in [0.4, 0.5) is 0 Å². The molecule has 2 aromatic rings. The Bertz CT molecular complexity index is 1110. The van der Waals surface area contributed by atoms with Crippen molar-refractivity contribution in [3.8, 4) is 0 Å². The molecule has 0 bridgehead atoms. The zero-order valence-electron chi connectivity index (χ0n) is 20.8. The molecule has 0 aromatic heterocycles. The largest absolute Gasteiger partial charge is 0.370 e. The van der Waals surface area contributed by atoms with Gasteiger partial charge in [0.15, 0.2) is 0 Å². The van der Waals surface area contributed by atoms with Gasteiger partial charge in [-0.15, -0.1) is 0 Å². The summed E-state index contributed by atoms with van der Waals surface area (Å²) < 4.78 is 0. The lowest BCUT2D eigenvalue weighted by Crippen LogP contribution is -2.57. The van der Waals surface area contributed by atoms with E-state index in [1.54, 1.807) is 54.6 Å². The van der Waals surface area contributed by atoms with Gasteiger partial charge in [0, 0.05) is 17.0 Å². The molecule has 0 saturated carbocycles. The van der Waals surface area contributed by atoms with E-state index in [0.717, 1.165) is 5.56 Å². The number of carbonyl (C=O) groups is 5. The first-order chi connectivity index (χ1) is 18.1. The fraction of sp³-hybridized carbons (Fsp3) is 0.346. The molecule has 12 heteroatoms. The molecule has 2 rings (SSSR count). The van der Waals surface area contributed by atoms with E-state index < -0.39 is 54.1 Å². The second kappa shape index (κ2) is 15.3. The number of unbranched alkanes of at least 4 members (excludes halogenated alkanes) is 1. The van der Waals surface area contributed by atoms with Crippen LogP contribution in [-0.2, 0) is 25.6 Å². The van der Waals surface area contributed by atoms with Crippen LogP contribution in [-0.4, -0.2) is 54.2 Å². The van der Waals surface area contributed by atoms with Crippen LogP contribution in [0.2, 0.25) is 5.02 Å². The van der Waals surface area contributed by atoms with Gasteiger partial charge in [0.25, 0.3) is 5.91 Å². The first-order valence-electron chi connectivity index (χ1n) is 12.1. The van der Waals surface area contributed by atoms with Crippen molar-refractivity contribution < 1.29 is 24.0 Å². The Balaban J connectivity index is 2.25. The van der Waals surface area contributed by atoms with Crippen molar-refractivity contribution >= 4 is 41.1 Å². The molecule has 0 spiro atoms. The van der Waals surface area contributed by atoms with E-state index in [1.165, 1.54) is 0 Å². The van der Waals surface area contributed by atoms with E-state index in [4.69, 9.17) is 28.8 Å². The summed E-state index contributed by atoms with van der Waals surface area (Å²) in [7, 11) is 0. The highest BCUT2D eigenvalue weighted by atomic mass is 35.5. The van der Waals surface area contributed by atoms with Gasteiger partial charge in [-0.2, -0.15) is 0 Å². The normalized spacial score (nSPS) is 13.0. The number of benzene rings is 2. The Morgan fingerprint density at radius 1 is 0.763 bits per heavy atom. The Hall–Kier alpha value is -3.96. The first-order valence-corrected chi connectivity index (χ1v) is 12.5. The summed E-state index contributed by atoms with van der Waals surface area (Å²) in [6, 6.07) is 11.7. The number of carbonyl (C=O) groups excluding carboxylic acids is 5. The monoisotopic (exact) mass is 544 g/mol. The Labute approximate surface area is 225 Å². The third-order valence-electron chi connectivity index (χ3n) is 5.66. The minimum atomic E-state index is -1.34. The number of primary amides is 2. The van der Waals surface area contributed by atoms with Gasteiger partial charge in [-0.05, 0) is 55.6 Å². The lowest BCUT2D eigenvalue weighted by molar-refractivity contribution is -0.133. The summed E-state index contributed by atoms with van der Waals surface area (Å²) in [6.07, 6.45) is 0.890. The predicted octanol–water partition coefficient (Wildman–Crippen LogP) is 0.140. The molecule has 11 nitrogen and oxygen atoms in total. The average molecular weight is 545 g/mol. The van der Waals surface area contributed by atoms with E-state index in [1.807, 2.05) is 0 Å². The number of hydrogen-bond acceptors (Lipinski definition) is 6. The molecule has 0 unspecified atom stereocenters. The van der Waals surface area contributed by atoms with Crippen LogP contribution in [0.1, 0.15) is 41.6 Å². The third kappa shape index (κ3) is 10.2. The molecule has 0 aliphatic rings. The molecule has 0 saturated heterocycles. The van der Waals surface area contributed by atoms with Crippen LogP contribution in [0.5, 0.6) is 0 Å². The average Bonchev–Trinajstić information content (AvgIpc) is 2.88. The SMILES string of the molecule is NCCCC[C@H](NC(=O)[C@H](Cc1ccc(Cl)cc1)NC(=O)c1ccccc1)C(=O)N[C@@H](CC(N)=O)C(N)=O. The summed E-state index contributed by atoms with van der Waals surface area (Å²) in [5.74, 6) is -3.59. The van der Waals surface area contributed by atoms with Crippen LogP contribution < -0.4 is 33.2 Å². The van der Waals surface area contributed by atoms with Crippen molar-refractivity contribution in [1.29, 1.82) is 0 Å². The van der Waals surface area contributed by atoms with Crippen molar-refractivity contribution in [3.05, 3.63) is 70.7 Å². The van der Waals surface area contributed by atoms with Crippen LogP contribution >= 0.6 is 11.6 Å². The molecule has 2 aromatic carbocycles. The number of rotatable bonds is 15. The molecule has 0 fully saturated rings. The Kier molecular flexibility index (Phi) is 12.2. The molecule has 0 radical (unpaired) electrons. The van der Waals surface area contributed by atoms with Gasteiger partial charge in [0.1, 0.15) is 18.1 Å². The van der Waals surface area contributed by atoms with Gasteiger partial charge < -0.3 is 33.2 Å². The molecule has 204 valence electrons. The Morgan fingerprint density at radius 3 is 1.95 bits per heavy atom. The Morgan fingerprint density at radius 2 is 1.37 bits per heavy atom. The van der Waals surface area contributed by atoms with Gasteiger partial charge >= 0.3 is 0 Å². The predicted molar refractivity (Wildman–Crippen MR) is 143 cm³/mol. The van der Waals surface area contributed by atoms with E-state index >= 15 is 0 Å². The molecule has 9 N–H and O–H groups in total. The smallest absolute Gasteiger partial charge is 0.251 e. The van der Waals surface area contributed by atoms with Gasteiger partial charge in [0.2, 0.25) is 23.6 Å². The minimum Gasteiger partial charge on any atom is -0.370 e. The van der Waals surface area contributed by atoms with Gasteiger partial charge in [0.05, 0.1) is 6.42 Å². The highest BCUT2D eigenvalue weighted by Crippen LogP contribution is 2.12. The molecule has 38 heavy (non-hydrogen) atoms. The molecule has 5 amide bonds. The lowest BCUT2D eigenvalue weighted by Gasteiger charge is -2.25. The first kappa shape index (κ1) is 30.3. The maximum absolute atomic E-state index is 13.4. The van der Waals surface area contributed by atoms with E-state index in [-0.39, 0.29) is 12.8 Å². The van der Waals surface area contributed by atoms with E-state index in [2.05, 4.69) is 16.0 Å². The quantitative estimate of drug-likeness (QED) is 0.172. The number of halogens is 1. The zero-order valence-corrected chi connectivity index (χ0v) is 21.6. The lowest BCUT2D eigenvalue weighted by atomic mass is 10.0. The summed E-state index contributed by atoms with van der Waals surface area (Å²) >= 11 is 5.97. The molecular formula is C26H33ClN6O5. The zero-order chi connectivity index (χ0) is 28.1. The van der Waals surface area contributed by atoms with Gasteiger partial charge in [-0.1, -0.05) is 41.9 Å². The molecule has 0 heterocycles. The van der Waals surface area contributed by atoms with Crippen molar-refractivity contribution in [1.82, 2.24) is 16.0 Å². The number of nitrogens with one attached hydrogen (secondary N) is 3. The summed E-state index contributed by atoms with van der Waals surface area (Å²) in [4.78, 5) is 62.3. The van der Waals surface area contributed by atoms with Crippen LogP contribution in [0.25, 0.3) is 0 Å². The van der Waals surface area contributed by atoms with Crippen LogP contribution in [0, 0.1) is 0 Å². The highest BCUT2D eigenvalue weighted by molar-refractivity contribution is 6.30.